The van der Waals surface area contributed by atoms with Crippen molar-refractivity contribution in [1.29, 1.82) is 0 Å². The topological polar surface area (TPSA) is 37.8 Å². The summed E-state index contributed by atoms with van der Waals surface area (Å²) in [4.78, 5) is 6.85. The molecule has 0 amide bonds. The van der Waals surface area contributed by atoms with Crippen LogP contribution >= 0.6 is 0 Å². The van der Waals surface area contributed by atoms with Crippen LogP contribution in [-0.4, -0.2) is 16.5 Å². The number of aromatic nitrogens is 2. The van der Waals surface area contributed by atoms with Crippen LogP contribution in [0.15, 0.2) is 48.5 Å². The summed E-state index contributed by atoms with van der Waals surface area (Å²) in [6.07, 6.45) is -4.14. The summed E-state index contributed by atoms with van der Waals surface area (Å²) in [5, 5.41) is 3.08. The van der Waals surface area contributed by atoms with E-state index in [1.807, 2.05) is 30.3 Å². The van der Waals surface area contributed by atoms with Crippen molar-refractivity contribution in [3.05, 3.63) is 65.7 Å². The van der Waals surface area contributed by atoms with Gasteiger partial charge in [0.2, 0.25) is 5.82 Å². The number of anilines is 1. The van der Waals surface area contributed by atoms with Gasteiger partial charge in [-0.25, -0.2) is 14.4 Å². The molecule has 1 aromatic heterocycles. The molecular formula is C17H13F4N3. The highest BCUT2D eigenvalue weighted by Crippen LogP contribution is 2.31. The predicted octanol–water partition coefficient (Wildman–Crippen LogP) is 4.44. The maximum atomic E-state index is 13.8. The summed E-state index contributed by atoms with van der Waals surface area (Å²) in [6, 6.07) is 13.5. The van der Waals surface area contributed by atoms with E-state index in [1.54, 1.807) is 0 Å². The fraction of sp³-hybridized carbons (Fsp3) is 0.176. The van der Waals surface area contributed by atoms with Crippen molar-refractivity contribution in [3.8, 4) is 0 Å². The minimum absolute atomic E-state index is 0.0252. The molecule has 24 heavy (non-hydrogen) atoms. The first kappa shape index (κ1) is 16.2. The first-order valence-corrected chi connectivity index (χ1v) is 7.26. The van der Waals surface area contributed by atoms with E-state index in [0.717, 1.165) is 11.6 Å². The van der Waals surface area contributed by atoms with Gasteiger partial charge in [-0.05, 0) is 24.1 Å². The number of fused-ring (bicyclic) bond motifs is 1. The van der Waals surface area contributed by atoms with Crippen molar-refractivity contribution in [2.45, 2.75) is 12.6 Å². The Hall–Kier alpha value is -2.70. The molecule has 3 nitrogen and oxygen atoms in total. The van der Waals surface area contributed by atoms with Crippen LogP contribution in [0.3, 0.4) is 0 Å². The van der Waals surface area contributed by atoms with Crippen LogP contribution in [0.5, 0.6) is 0 Å². The molecule has 0 aliphatic rings. The number of benzene rings is 2. The van der Waals surface area contributed by atoms with Crippen molar-refractivity contribution in [2.24, 2.45) is 0 Å². The molecule has 0 radical (unpaired) electrons. The standard InChI is InChI=1S/C17H13F4N3/c18-13-8-4-7-12-14(13)23-16(17(19,20)21)24-15(12)22-10-9-11-5-2-1-3-6-11/h1-8H,9-10H2,(H,22,23,24). The Morgan fingerprint density at radius 2 is 1.67 bits per heavy atom. The number of rotatable bonds is 4. The quantitative estimate of drug-likeness (QED) is 0.716. The normalized spacial score (nSPS) is 11.7. The Kier molecular flexibility index (Phi) is 4.33. The van der Waals surface area contributed by atoms with Crippen LogP contribution in [0.25, 0.3) is 10.9 Å². The molecule has 1 N–H and O–H groups in total. The number of hydrogen-bond acceptors (Lipinski definition) is 3. The van der Waals surface area contributed by atoms with Crippen molar-refractivity contribution in [2.75, 3.05) is 11.9 Å². The van der Waals surface area contributed by atoms with E-state index in [1.165, 1.54) is 12.1 Å². The second-order valence-corrected chi connectivity index (χ2v) is 5.19. The lowest BCUT2D eigenvalue weighted by molar-refractivity contribution is -0.144. The number of nitrogens with one attached hydrogen (secondary N) is 1. The third kappa shape index (κ3) is 3.45. The first-order chi connectivity index (χ1) is 11.4. The van der Waals surface area contributed by atoms with Crippen LogP contribution < -0.4 is 5.32 Å². The Balaban J connectivity index is 1.92. The zero-order chi connectivity index (χ0) is 17.2. The molecule has 3 rings (SSSR count). The van der Waals surface area contributed by atoms with Gasteiger partial charge >= 0.3 is 6.18 Å². The van der Waals surface area contributed by atoms with Crippen LogP contribution in [-0.2, 0) is 12.6 Å². The number of para-hydroxylation sites is 1. The SMILES string of the molecule is Fc1cccc2c(NCCc3ccccc3)nc(C(F)(F)F)nc12. The highest BCUT2D eigenvalue weighted by atomic mass is 19.4. The number of hydrogen-bond donors (Lipinski definition) is 1. The third-order valence-electron chi connectivity index (χ3n) is 3.48. The average molecular weight is 335 g/mol. The van der Waals surface area contributed by atoms with Gasteiger partial charge in [0.1, 0.15) is 17.2 Å². The van der Waals surface area contributed by atoms with Gasteiger partial charge in [-0.2, -0.15) is 13.2 Å². The molecule has 1 heterocycles. The van der Waals surface area contributed by atoms with E-state index >= 15 is 0 Å². The van der Waals surface area contributed by atoms with E-state index in [4.69, 9.17) is 0 Å². The molecule has 7 heteroatoms. The molecule has 0 spiro atoms. The summed E-state index contributed by atoms with van der Waals surface area (Å²) in [6.45, 7) is 0.365. The second kappa shape index (κ2) is 6.43. The monoisotopic (exact) mass is 335 g/mol. The molecule has 0 aliphatic heterocycles. The Bertz CT molecular complexity index is 848. The van der Waals surface area contributed by atoms with E-state index in [2.05, 4.69) is 15.3 Å². The zero-order valence-electron chi connectivity index (χ0n) is 12.4. The van der Waals surface area contributed by atoms with Gasteiger partial charge in [0.05, 0.1) is 0 Å². The fourth-order valence-corrected chi connectivity index (χ4v) is 2.35. The van der Waals surface area contributed by atoms with E-state index in [9.17, 15) is 17.6 Å². The maximum Gasteiger partial charge on any atom is 0.451 e. The molecule has 3 aromatic rings. The van der Waals surface area contributed by atoms with Crippen molar-refractivity contribution < 1.29 is 17.6 Å². The largest absolute Gasteiger partial charge is 0.451 e. The van der Waals surface area contributed by atoms with Gasteiger partial charge in [0.25, 0.3) is 0 Å². The molecule has 0 saturated heterocycles. The highest BCUT2D eigenvalue weighted by Gasteiger charge is 2.35. The number of alkyl halides is 3. The zero-order valence-corrected chi connectivity index (χ0v) is 12.4. The highest BCUT2D eigenvalue weighted by molar-refractivity contribution is 5.89. The molecule has 124 valence electrons. The number of halogens is 4. The van der Waals surface area contributed by atoms with Crippen LogP contribution in [0.2, 0.25) is 0 Å². The minimum Gasteiger partial charge on any atom is -0.369 e. The Morgan fingerprint density at radius 3 is 2.38 bits per heavy atom. The van der Waals surface area contributed by atoms with Crippen molar-refractivity contribution >= 4 is 16.7 Å². The average Bonchev–Trinajstić information content (AvgIpc) is 2.55. The van der Waals surface area contributed by atoms with Gasteiger partial charge in [0, 0.05) is 11.9 Å². The Labute approximate surface area is 135 Å². The molecule has 0 bridgehead atoms. The molecule has 0 atom stereocenters. The Morgan fingerprint density at radius 1 is 0.917 bits per heavy atom. The van der Waals surface area contributed by atoms with Gasteiger partial charge in [-0.1, -0.05) is 36.4 Å². The molecule has 0 saturated carbocycles. The van der Waals surface area contributed by atoms with Gasteiger partial charge in [-0.15, -0.1) is 0 Å². The first-order valence-electron chi connectivity index (χ1n) is 7.26. The number of nitrogens with zero attached hydrogens (tertiary/aromatic N) is 2. The van der Waals surface area contributed by atoms with E-state index < -0.39 is 17.8 Å². The lowest BCUT2D eigenvalue weighted by Gasteiger charge is -2.12. The smallest absolute Gasteiger partial charge is 0.369 e. The summed E-state index contributed by atoms with van der Waals surface area (Å²) in [5.41, 5.74) is 0.688. The predicted molar refractivity (Wildman–Crippen MR) is 83.1 cm³/mol. The van der Waals surface area contributed by atoms with Gasteiger partial charge < -0.3 is 5.32 Å². The maximum absolute atomic E-state index is 13.8. The van der Waals surface area contributed by atoms with Gasteiger partial charge in [0.15, 0.2) is 0 Å². The van der Waals surface area contributed by atoms with E-state index in [0.29, 0.717) is 13.0 Å². The molecule has 0 fully saturated rings. The third-order valence-corrected chi connectivity index (χ3v) is 3.48. The fourth-order valence-electron chi connectivity index (χ4n) is 2.35. The minimum atomic E-state index is -4.74. The molecule has 2 aromatic carbocycles. The van der Waals surface area contributed by atoms with Crippen molar-refractivity contribution in [1.82, 2.24) is 9.97 Å². The van der Waals surface area contributed by atoms with Gasteiger partial charge in [-0.3, -0.25) is 0 Å². The van der Waals surface area contributed by atoms with Crippen LogP contribution in [0, 0.1) is 5.82 Å². The van der Waals surface area contributed by atoms with Crippen LogP contribution in [0.4, 0.5) is 23.4 Å². The second-order valence-electron chi connectivity index (χ2n) is 5.19. The lowest BCUT2D eigenvalue weighted by Crippen LogP contribution is -2.15. The van der Waals surface area contributed by atoms with Crippen LogP contribution in [0.1, 0.15) is 11.4 Å². The van der Waals surface area contributed by atoms with E-state index in [-0.39, 0.29) is 16.7 Å². The molecule has 0 unspecified atom stereocenters. The molecular weight excluding hydrogens is 322 g/mol. The summed E-state index contributed by atoms with van der Waals surface area (Å²) in [7, 11) is 0. The lowest BCUT2D eigenvalue weighted by atomic mass is 10.1. The molecule has 0 aliphatic carbocycles. The summed E-state index contributed by atoms with van der Waals surface area (Å²) in [5.74, 6) is -2.20. The van der Waals surface area contributed by atoms with Crippen molar-refractivity contribution in [3.63, 3.8) is 0 Å². The summed E-state index contributed by atoms with van der Waals surface area (Å²) >= 11 is 0. The summed E-state index contributed by atoms with van der Waals surface area (Å²) < 4.78 is 52.7.